The van der Waals surface area contributed by atoms with Crippen LogP contribution >= 0.6 is 0 Å². The minimum absolute atomic E-state index is 0.870. The van der Waals surface area contributed by atoms with Crippen LogP contribution in [0.1, 0.15) is 31.7 Å². The largest absolute Gasteiger partial charge is 0.317 e. The molecule has 1 aliphatic heterocycles. The Morgan fingerprint density at radius 1 is 1.44 bits per heavy atom. The van der Waals surface area contributed by atoms with Crippen LogP contribution in [-0.2, 0) is 13.6 Å². The van der Waals surface area contributed by atoms with Crippen LogP contribution in [0.4, 0.5) is 0 Å². The van der Waals surface area contributed by atoms with E-state index in [2.05, 4.69) is 28.4 Å². The van der Waals surface area contributed by atoms with Gasteiger partial charge in [-0.2, -0.15) is 5.10 Å². The smallest absolute Gasteiger partial charge is 0.0534 e. The molecule has 0 bridgehead atoms. The molecule has 0 aliphatic carbocycles. The van der Waals surface area contributed by atoms with Crippen LogP contribution in [0.15, 0.2) is 12.4 Å². The van der Waals surface area contributed by atoms with E-state index in [1.807, 2.05) is 17.9 Å². The Hall–Kier alpha value is -0.870. The van der Waals surface area contributed by atoms with Gasteiger partial charge in [-0.3, -0.25) is 9.58 Å². The fourth-order valence-corrected chi connectivity index (χ4v) is 2.79. The van der Waals surface area contributed by atoms with Gasteiger partial charge in [0.2, 0.25) is 0 Å². The molecule has 0 saturated carbocycles. The van der Waals surface area contributed by atoms with Crippen molar-refractivity contribution in [1.29, 1.82) is 0 Å². The molecular weight excluding hydrogens is 224 g/mol. The van der Waals surface area contributed by atoms with Crippen molar-refractivity contribution >= 4 is 0 Å². The van der Waals surface area contributed by atoms with Gasteiger partial charge >= 0.3 is 0 Å². The Morgan fingerprint density at radius 2 is 2.22 bits per heavy atom. The van der Waals surface area contributed by atoms with E-state index in [9.17, 15) is 0 Å². The van der Waals surface area contributed by atoms with Crippen molar-refractivity contribution in [2.24, 2.45) is 13.0 Å². The van der Waals surface area contributed by atoms with E-state index in [1.165, 1.54) is 51.0 Å². The number of piperidine rings is 1. The molecule has 0 aromatic carbocycles. The molecule has 1 N–H and O–H groups in total. The SMILES string of the molecule is CCCN(Cc1cnn(C)c1)CC1CCNCC1. The van der Waals surface area contributed by atoms with Crippen molar-refractivity contribution < 1.29 is 0 Å². The molecule has 2 rings (SSSR count). The molecule has 102 valence electrons. The Morgan fingerprint density at radius 3 is 2.83 bits per heavy atom. The summed E-state index contributed by atoms with van der Waals surface area (Å²) in [6.07, 6.45) is 8.00. The third-order valence-electron chi connectivity index (χ3n) is 3.68. The predicted octanol–water partition coefficient (Wildman–Crippen LogP) is 1.63. The van der Waals surface area contributed by atoms with Gasteiger partial charge in [0.25, 0.3) is 0 Å². The zero-order valence-corrected chi connectivity index (χ0v) is 11.7. The molecule has 18 heavy (non-hydrogen) atoms. The third kappa shape index (κ3) is 4.10. The first-order valence-corrected chi connectivity index (χ1v) is 7.18. The van der Waals surface area contributed by atoms with E-state index >= 15 is 0 Å². The lowest BCUT2D eigenvalue weighted by Gasteiger charge is -2.29. The minimum atomic E-state index is 0.870. The first-order chi connectivity index (χ1) is 8.78. The van der Waals surface area contributed by atoms with E-state index in [0.29, 0.717) is 0 Å². The molecule has 1 aliphatic rings. The average molecular weight is 250 g/mol. The molecule has 0 spiro atoms. The van der Waals surface area contributed by atoms with Gasteiger partial charge in [0.05, 0.1) is 6.20 Å². The Labute approximate surface area is 110 Å². The third-order valence-corrected chi connectivity index (χ3v) is 3.68. The highest BCUT2D eigenvalue weighted by molar-refractivity contribution is 5.03. The maximum absolute atomic E-state index is 4.26. The summed E-state index contributed by atoms with van der Waals surface area (Å²) in [4.78, 5) is 2.59. The predicted molar refractivity (Wildman–Crippen MR) is 74.4 cm³/mol. The summed E-state index contributed by atoms with van der Waals surface area (Å²) in [5.41, 5.74) is 1.33. The lowest BCUT2D eigenvalue weighted by molar-refractivity contribution is 0.199. The topological polar surface area (TPSA) is 33.1 Å². The lowest BCUT2D eigenvalue weighted by atomic mass is 9.97. The van der Waals surface area contributed by atoms with Crippen LogP contribution < -0.4 is 5.32 Å². The minimum Gasteiger partial charge on any atom is -0.317 e. The molecule has 1 aromatic rings. The van der Waals surface area contributed by atoms with Gasteiger partial charge < -0.3 is 5.32 Å². The van der Waals surface area contributed by atoms with Gasteiger partial charge in [-0.25, -0.2) is 0 Å². The highest BCUT2D eigenvalue weighted by atomic mass is 15.2. The zero-order chi connectivity index (χ0) is 12.8. The van der Waals surface area contributed by atoms with Crippen LogP contribution in [0.3, 0.4) is 0 Å². The first-order valence-electron chi connectivity index (χ1n) is 7.18. The number of rotatable bonds is 6. The molecule has 0 radical (unpaired) electrons. The van der Waals surface area contributed by atoms with Gasteiger partial charge in [0.15, 0.2) is 0 Å². The van der Waals surface area contributed by atoms with Gasteiger partial charge in [-0.15, -0.1) is 0 Å². The molecular formula is C14H26N4. The van der Waals surface area contributed by atoms with Crippen LogP contribution in [0.5, 0.6) is 0 Å². The normalized spacial score (nSPS) is 17.5. The van der Waals surface area contributed by atoms with Crippen molar-refractivity contribution in [1.82, 2.24) is 20.0 Å². The lowest BCUT2D eigenvalue weighted by Crippen LogP contribution is -2.36. The summed E-state index contributed by atoms with van der Waals surface area (Å²) < 4.78 is 1.89. The van der Waals surface area contributed by atoms with E-state index in [0.717, 1.165) is 12.5 Å². The van der Waals surface area contributed by atoms with Crippen LogP contribution in [0.25, 0.3) is 0 Å². The maximum Gasteiger partial charge on any atom is 0.0534 e. The Bertz CT molecular complexity index is 341. The van der Waals surface area contributed by atoms with Crippen molar-refractivity contribution in [2.75, 3.05) is 26.2 Å². The highest BCUT2D eigenvalue weighted by Gasteiger charge is 2.17. The number of aryl methyl sites for hydroxylation is 1. The average Bonchev–Trinajstić information content (AvgIpc) is 2.76. The molecule has 2 heterocycles. The summed E-state index contributed by atoms with van der Waals surface area (Å²) in [6, 6.07) is 0. The Kier molecular flexibility index (Phi) is 5.20. The van der Waals surface area contributed by atoms with Gasteiger partial charge in [-0.05, 0) is 44.8 Å². The highest BCUT2D eigenvalue weighted by Crippen LogP contribution is 2.15. The molecule has 1 fully saturated rings. The molecule has 1 saturated heterocycles. The summed E-state index contributed by atoms with van der Waals surface area (Å²) in [5, 5.41) is 7.70. The summed E-state index contributed by atoms with van der Waals surface area (Å²) in [6.45, 7) is 8.13. The first kappa shape index (κ1) is 13.6. The fourth-order valence-electron chi connectivity index (χ4n) is 2.79. The molecule has 0 amide bonds. The number of nitrogens with zero attached hydrogens (tertiary/aromatic N) is 3. The van der Waals surface area contributed by atoms with Crippen LogP contribution in [0, 0.1) is 5.92 Å². The van der Waals surface area contributed by atoms with Crippen molar-refractivity contribution in [3.63, 3.8) is 0 Å². The van der Waals surface area contributed by atoms with E-state index in [1.54, 1.807) is 0 Å². The molecule has 1 aromatic heterocycles. The van der Waals surface area contributed by atoms with Crippen LogP contribution in [0.2, 0.25) is 0 Å². The quantitative estimate of drug-likeness (QED) is 0.833. The summed E-state index contributed by atoms with van der Waals surface area (Å²) in [5.74, 6) is 0.870. The molecule has 0 atom stereocenters. The molecule has 0 unspecified atom stereocenters. The van der Waals surface area contributed by atoms with Gasteiger partial charge in [-0.1, -0.05) is 6.92 Å². The monoisotopic (exact) mass is 250 g/mol. The van der Waals surface area contributed by atoms with Crippen molar-refractivity contribution in [2.45, 2.75) is 32.7 Å². The second-order valence-electron chi connectivity index (χ2n) is 5.45. The fraction of sp³-hybridized carbons (Fsp3) is 0.786. The number of nitrogens with one attached hydrogen (secondary N) is 1. The van der Waals surface area contributed by atoms with E-state index in [4.69, 9.17) is 0 Å². The second-order valence-corrected chi connectivity index (χ2v) is 5.45. The zero-order valence-electron chi connectivity index (χ0n) is 11.7. The number of aromatic nitrogens is 2. The van der Waals surface area contributed by atoms with E-state index < -0.39 is 0 Å². The molecule has 4 nitrogen and oxygen atoms in total. The summed E-state index contributed by atoms with van der Waals surface area (Å²) >= 11 is 0. The van der Waals surface area contributed by atoms with Gasteiger partial charge in [0, 0.05) is 31.9 Å². The molecule has 4 heteroatoms. The van der Waals surface area contributed by atoms with Crippen molar-refractivity contribution in [3.8, 4) is 0 Å². The number of hydrogen-bond acceptors (Lipinski definition) is 3. The summed E-state index contributed by atoms with van der Waals surface area (Å²) in [7, 11) is 1.99. The standard InChI is InChI=1S/C14H26N4/c1-3-8-18(11-13-4-6-15-7-5-13)12-14-9-16-17(2)10-14/h9-10,13,15H,3-8,11-12H2,1-2H3. The van der Waals surface area contributed by atoms with E-state index in [-0.39, 0.29) is 0 Å². The van der Waals surface area contributed by atoms with Crippen LogP contribution in [-0.4, -0.2) is 40.9 Å². The Balaban J connectivity index is 1.86. The van der Waals surface area contributed by atoms with Gasteiger partial charge in [0.1, 0.15) is 0 Å². The second kappa shape index (κ2) is 6.90. The number of hydrogen-bond donors (Lipinski definition) is 1. The maximum atomic E-state index is 4.26. The van der Waals surface area contributed by atoms with Crippen molar-refractivity contribution in [3.05, 3.63) is 18.0 Å².